The van der Waals surface area contributed by atoms with Crippen LogP contribution >= 0.6 is 0 Å². The largest absolute Gasteiger partial charge is 0.467 e. The predicted octanol–water partition coefficient (Wildman–Crippen LogP) is 3.27. The minimum absolute atomic E-state index is 0.0485. The van der Waals surface area contributed by atoms with Crippen LogP contribution < -0.4 is 5.32 Å². The SMILES string of the molecule is COC(=O)[C@H](C/C=C/c1ccccc1)NC(=O)Cc1ccc(F)cc1F. The maximum atomic E-state index is 13.6. The molecule has 0 bridgehead atoms. The Kier molecular flexibility index (Phi) is 7.02. The number of benzene rings is 2. The zero-order valence-electron chi connectivity index (χ0n) is 14.2. The molecule has 26 heavy (non-hydrogen) atoms. The van der Waals surface area contributed by atoms with E-state index in [1.54, 1.807) is 6.08 Å². The standard InChI is InChI=1S/C20H19F2NO3/c1-26-20(25)18(9-5-8-14-6-3-2-4-7-14)23-19(24)12-15-10-11-16(21)13-17(15)22/h2-8,10-11,13,18H,9,12H2,1H3,(H,23,24)/b8-5+/t18-/m0/s1. The van der Waals surface area contributed by atoms with Crippen LogP contribution in [0.15, 0.2) is 54.6 Å². The molecule has 0 aliphatic rings. The Bertz CT molecular complexity index is 791. The molecule has 136 valence electrons. The Morgan fingerprint density at radius 2 is 1.88 bits per heavy atom. The van der Waals surface area contributed by atoms with Crippen LogP contribution in [0.5, 0.6) is 0 Å². The summed E-state index contributed by atoms with van der Waals surface area (Å²) in [6.45, 7) is 0. The van der Waals surface area contributed by atoms with Crippen molar-refractivity contribution in [3.05, 3.63) is 77.4 Å². The number of rotatable bonds is 7. The van der Waals surface area contributed by atoms with E-state index in [9.17, 15) is 18.4 Å². The van der Waals surface area contributed by atoms with Crippen LogP contribution in [0.2, 0.25) is 0 Å². The highest BCUT2D eigenvalue weighted by Gasteiger charge is 2.21. The monoisotopic (exact) mass is 359 g/mol. The third kappa shape index (κ3) is 5.81. The number of ether oxygens (including phenoxy) is 1. The van der Waals surface area contributed by atoms with Gasteiger partial charge >= 0.3 is 5.97 Å². The molecule has 0 saturated carbocycles. The second kappa shape index (κ2) is 9.46. The smallest absolute Gasteiger partial charge is 0.328 e. The van der Waals surface area contributed by atoms with Gasteiger partial charge in [-0.2, -0.15) is 0 Å². The highest BCUT2D eigenvalue weighted by atomic mass is 19.1. The highest BCUT2D eigenvalue weighted by molar-refractivity contribution is 5.85. The molecule has 0 heterocycles. The average molecular weight is 359 g/mol. The van der Waals surface area contributed by atoms with Crippen molar-refractivity contribution in [1.82, 2.24) is 5.32 Å². The van der Waals surface area contributed by atoms with Gasteiger partial charge in [0.1, 0.15) is 17.7 Å². The van der Waals surface area contributed by atoms with E-state index in [0.29, 0.717) is 6.07 Å². The molecule has 2 rings (SSSR count). The Morgan fingerprint density at radius 3 is 2.54 bits per heavy atom. The molecule has 1 amide bonds. The van der Waals surface area contributed by atoms with E-state index in [1.165, 1.54) is 13.2 Å². The molecule has 1 atom stereocenters. The van der Waals surface area contributed by atoms with Crippen molar-refractivity contribution in [2.75, 3.05) is 7.11 Å². The fourth-order valence-corrected chi connectivity index (χ4v) is 2.34. The molecule has 0 spiro atoms. The third-order valence-corrected chi connectivity index (χ3v) is 3.67. The molecular formula is C20H19F2NO3. The van der Waals surface area contributed by atoms with Gasteiger partial charge in [0.2, 0.25) is 5.91 Å². The second-order valence-electron chi connectivity index (χ2n) is 5.60. The normalized spacial score (nSPS) is 12.0. The molecule has 0 fully saturated rings. The zero-order chi connectivity index (χ0) is 18.9. The van der Waals surface area contributed by atoms with Gasteiger partial charge in [0, 0.05) is 6.07 Å². The Balaban J connectivity index is 1.99. The van der Waals surface area contributed by atoms with Crippen LogP contribution in [0.4, 0.5) is 8.78 Å². The quantitative estimate of drug-likeness (QED) is 0.772. The van der Waals surface area contributed by atoms with Gasteiger partial charge in [-0.3, -0.25) is 4.79 Å². The van der Waals surface area contributed by atoms with E-state index < -0.39 is 29.6 Å². The number of amides is 1. The van der Waals surface area contributed by atoms with Crippen molar-refractivity contribution >= 4 is 18.0 Å². The number of carbonyl (C=O) groups excluding carboxylic acids is 2. The van der Waals surface area contributed by atoms with Crippen LogP contribution in [-0.2, 0) is 20.7 Å². The summed E-state index contributed by atoms with van der Waals surface area (Å²) in [5.41, 5.74) is 1.00. The average Bonchev–Trinajstić information content (AvgIpc) is 2.63. The van der Waals surface area contributed by atoms with Crippen molar-refractivity contribution in [1.29, 1.82) is 0 Å². The molecule has 0 aromatic heterocycles. The molecule has 0 saturated heterocycles. The molecule has 2 aromatic carbocycles. The van der Waals surface area contributed by atoms with Crippen molar-refractivity contribution in [2.45, 2.75) is 18.9 Å². The highest BCUT2D eigenvalue weighted by Crippen LogP contribution is 2.11. The molecular weight excluding hydrogens is 340 g/mol. The summed E-state index contributed by atoms with van der Waals surface area (Å²) < 4.78 is 31.3. The number of methoxy groups -OCH3 is 1. The van der Waals surface area contributed by atoms with Crippen molar-refractivity contribution in [3.63, 3.8) is 0 Å². The van der Waals surface area contributed by atoms with E-state index in [0.717, 1.165) is 11.6 Å². The fourth-order valence-electron chi connectivity index (χ4n) is 2.34. The molecule has 4 nitrogen and oxygen atoms in total. The molecule has 2 aromatic rings. The first-order valence-corrected chi connectivity index (χ1v) is 8.02. The van der Waals surface area contributed by atoms with Crippen LogP contribution in [0, 0.1) is 11.6 Å². The summed E-state index contributed by atoms with van der Waals surface area (Å²) in [6.07, 6.45) is 3.48. The summed E-state index contributed by atoms with van der Waals surface area (Å²) >= 11 is 0. The lowest BCUT2D eigenvalue weighted by Gasteiger charge is -2.15. The number of halogens is 2. The van der Waals surface area contributed by atoms with E-state index >= 15 is 0 Å². The van der Waals surface area contributed by atoms with Crippen LogP contribution in [-0.4, -0.2) is 25.0 Å². The van der Waals surface area contributed by atoms with Gasteiger partial charge < -0.3 is 10.1 Å². The van der Waals surface area contributed by atoms with Gasteiger partial charge in [0.15, 0.2) is 0 Å². The molecule has 0 aliphatic carbocycles. The number of carbonyl (C=O) groups is 2. The molecule has 1 N–H and O–H groups in total. The zero-order valence-corrected chi connectivity index (χ0v) is 14.2. The van der Waals surface area contributed by atoms with Gasteiger partial charge in [-0.25, -0.2) is 13.6 Å². The summed E-state index contributed by atoms with van der Waals surface area (Å²) in [5, 5.41) is 2.52. The molecule has 6 heteroatoms. The minimum atomic E-state index is -0.893. The first-order valence-electron chi connectivity index (χ1n) is 8.02. The number of esters is 1. The number of hydrogen-bond acceptors (Lipinski definition) is 3. The van der Waals surface area contributed by atoms with E-state index in [2.05, 4.69) is 5.32 Å². The van der Waals surface area contributed by atoms with Crippen LogP contribution in [0.3, 0.4) is 0 Å². The van der Waals surface area contributed by atoms with Crippen molar-refractivity contribution in [3.8, 4) is 0 Å². The molecule has 0 unspecified atom stereocenters. The summed E-state index contributed by atoms with van der Waals surface area (Å²) in [5.74, 6) is -2.68. The van der Waals surface area contributed by atoms with Gasteiger partial charge in [-0.05, 0) is 23.6 Å². The lowest BCUT2D eigenvalue weighted by atomic mass is 10.1. The Morgan fingerprint density at radius 1 is 1.15 bits per heavy atom. The maximum absolute atomic E-state index is 13.6. The molecule has 0 aliphatic heterocycles. The fraction of sp³-hybridized carbons (Fsp3) is 0.200. The van der Waals surface area contributed by atoms with Crippen molar-refractivity contribution < 1.29 is 23.1 Å². The van der Waals surface area contributed by atoms with Gasteiger partial charge in [-0.1, -0.05) is 48.6 Å². The van der Waals surface area contributed by atoms with Crippen molar-refractivity contribution in [2.24, 2.45) is 0 Å². The number of nitrogens with one attached hydrogen (secondary N) is 1. The Labute approximate surface area is 150 Å². The van der Waals surface area contributed by atoms with E-state index in [1.807, 2.05) is 36.4 Å². The van der Waals surface area contributed by atoms with Crippen LogP contribution in [0.25, 0.3) is 6.08 Å². The second-order valence-corrected chi connectivity index (χ2v) is 5.60. The summed E-state index contributed by atoms with van der Waals surface area (Å²) in [4.78, 5) is 24.0. The maximum Gasteiger partial charge on any atom is 0.328 e. The van der Waals surface area contributed by atoms with Gasteiger partial charge in [0.25, 0.3) is 0 Å². The first-order chi connectivity index (χ1) is 12.5. The van der Waals surface area contributed by atoms with E-state index in [-0.39, 0.29) is 18.4 Å². The molecule has 0 radical (unpaired) electrons. The van der Waals surface area contributed by atoms with Gasteiger partial charge in [-0.15, -0.1) is 0 Å². The first kappa shape index (κ1) is 19.3. The third-order valence-electron chi connectivity index (χ3n) is 3.67. The predicted molar refractivity (Wildman–Crippen MR) is 94.1 cm³/mol. The number of hydrogen-bond donors (Lipinski definition) is 1. The Hall–Kier alpha value is -3.02. The lowest BCUT2D eigenvalue weighted by molar-refractivity contribution is -0.144. The van der Waals surface area contributed by atoms with Gasteiger partial charge in [0.05, 0.1) is 13.5 Å². The summed E-state index contributed by atoms with van der Waals surface area (Å²) in [7, 11) is 1.22. The minimum Gasteiger partial charge on any atom is -0.467 e. The topological polar surface area (TPSA) is 55.4 Å². The van der Waals surface area contributed by atoms with Crippen LogP contribution in [0.1, 0.15) is 17.5 Å². The summed E-state index contributed by atoms with van der Waals surface area (Å²) in [6, 6.07) is 11.6. The lowest BCUT2D eigenvalue weighted by Crippen LogP contribution is -2.42. The van der Waals surface area contributed by atoms with E-state index in [4.69, 9.17) is 4.74 Å².